The number of carbonyl (C=O) groups excluding carboxylic acids is 3. The molecule has 3 rings (SSSR count). The summed E-state index contributed by atoms with van der Waals surface area (Å²) in [5, 5.41) is 0. The predicted molar refractivity (Wildman–Crippen MR) is 107 cm³/mol. The van der Waals surface area contributed by atoms with Gasteiger partial charge >= 0.3 is 5.97 Å². The standard InChI is InChI=1S/C23H33NO4/c1-14-20-16(10-22(3,4)12-18(20)26)24(8-7-9-28-15(2)25)17-11-23(5,6)13-19(27)21(14)17/h14H,7-13H2,1-6H3. The molecule has 154 valence electrons. The highest BCUT2D eigenvalue weighted by Crippen LogP contribution is 2.51. The molecule has 28 heavy (non-hydrogen) atoms. The van der Waals surface area contributed by atoms with Crippen molar-refractivity contribution >= 4 is 17.5 Å². The van der Waals surface area contributed by atoms with Crippen LogP contribution in [0.4, 0.5) is 0 Å². The number of allylic oxidation sites excluding steroid dienone is 4. The molecule has 0 spiro atoms. The van der Waals surface area contributed by atoms with Gasteiger partial charge in [0.25, 0.3) is 0 Å². The molecule has 2 aliphatic carbocycles. The number of ether oxygens (including phenoxy) is 1. The molecule has 0 radical (unpaired) electrons. The minimum atomic E-state index is -0.282. The van der Waals surface area contributed by atoms with Crippen molar-refractivity contribution < 1.29 is 19.1 Å². The van der Waals surface area contributed by atoms with Crippen LogP contribution in [0, 0.1) is 16.7 Å². The third kappa shape index (κ3) is 3.94. The maximum Gasteiger partial charge on any atom is 0.302 e. The van der Waals surface area contributed by atoms with E-state index in [1.54, 1.807) is 0 Å². The van der Waals surface area contributed by atoms with E-state index < -0.39 is 0 Å². The first kappa shape index (κ1) is 20.8. The molecule has 0 atom stereocenters. The van der Waals surface area contributed by atoms with E-state index in [1.165, 1.54) is 6.92 Å². The number of carbonyl (C=O) groups is 3. The predicted octanol–water partition coefficient (Wildman–Crippen LogP) is 4.18. The molecule has 0 unspecified atom stereocenters. The fourth-order valence-electron chi connectivity index (χ4n) is 5.08. The van der Waals surface area contributed by atoms with E-state index >= 15 is 0 Å². The fraction of sp³-hybridized carbons (Fsp3) is 0.696. The van der Waals surface area contributed by atoms with Crippen LogP contribution in [0.2, 0.25) is 0 Å². The third-order valence-electron chi connectivity index (χ3n) is 6.14. The summed E-state index contributed by atoms with van der Waals surface area (Å²) in [6.45, 7) is 13.0. The average molecular weight is 388 g/mol. The van der Waals surface area contributed by atoms with Crippen LogP contribution in [-0.2, 0) is 19.1 Å². The Bertz CT molecular complexity index is 730. The van der Waals surface area contributed by atoms with Gasteiger partial charge in [-0.3, -0.25) is 14.4 Å². The zero-order valence-corrected chi connectivity index (χ0v) is 18.1. The molecule has 0 aromatic carbocycles. The Morgan fingerprint density at radius 3 is 1.86 bits per heavy atom. The van der Waals surface area contributed by atoms with Gasteiger partial charge in [-0.2, -0.15) is 0 Å². The van der Waals surface area contributed by atoms with Crippen molar-refractivity contribution in [2.75, 3.05) is 13.2 Å². The van der Waals surface area contributed by atoms with E-state index in [2.05, 4.69) is 32.6 Å². The van der Waals surface area contributed by atoms with Gasteiger partial charge in [0.05, 0.1) is 6.61 Å². The number of esters is 1. The monoisotopic (exact) mass is 387 g/mol. The summed E-state index contributed by atoms with van der Waals surface area (Å²) in [6.07, 6.45) is 3.39. The minimum Gasteiger partial charge on any atom is -0.466 e. The summed E-state index contributed by atoms with van der Waals surface area (Å²) in [7, 11) is 0. The Morgan fingerprint density at radius 2 is 1.43 bits per heavy atom. The minimum absolute atomic E-state index is 0.0873. The Morgan fingerprint density at radius 1 is 0.964 bits per heavy atom. The number of Topliss-reactive ketones (excluding diaryl/α,β-unsaturated/α-hetero) is 2. The molecule has 0 fully saturated rings. The first-order valence-corrected chi connectivity index (χ1v) is 10.4. The molecule has 0 bridgehead atoms. The van der Waals surface area contributed by atoms with E-state index in [0.717, 1.165) is 35.4 Å². The smallest absolute Gasteiger partial charge is 0.302 e. The maximum absolute atomic E-state index is 13.0. The van der Waals surface area contributed by atoms with Crippen LogP contribution < -0.4 is 0 Å². The topological polar surface area (TPSA) is 63.7 Å². The average Bonchev–Trinajstić information content (AvgIpc) is 2.50. The zero-order chi connectivity index (χ0) is 20.9. The van der Waals surface area contributed by atoms with Crippen LogP contribution in [0.5, 0.6) is 0 Å². The molecule has 3 aliphatic rings. The van der Waals surface area contributed by atoms with Gasteiger partial charge in [0.2, 0.25) is 0 Å². The maximum atomic E-state index is 13.0. The number of ketones is 2. The van der Waals surface area contributed by atoms with Gasteiger partial charge in [0.1, 0.15) is 0 Å². The van der Waals surface area contributed by atoms with E-state index in [4.69, 9.17) is 4.74 Å². The Labute approximate surface area is 168 Å². The molecular formula is C23H33NO4. The Balaban J connectivity index is 2.01. The van der Waals surface area contributed by atoms with E-state index in [1.807, 2.05) is 6.92 Å². The molecule has 0 aromatic rings. The Kier molecular flexibility index (Phi) is 5.32. The number of rotatable bonds is 4. The summed E-state index contributed by atoms with van der Waals surface area (Å²) in [5.74, 6) is -0.0576. The highest BCUT2D eigenvalue weighted by atomic mass is 16.5. The number of hydrogen-bond acceptors (Lipinski definition) is 5. The second kappa shape index (κ2) is 7.16. The van der Waals surface area contributed by atoms with Crippen molar-refractivity contribution in [1.82, 2.24) is 4.90 Å². The summed E-state index contributed by atoms with van der Waals surface area (Å²) in [6, 6.07) is 0. The van der Waals surface area contributed by atoms with E-state index in [-0.39, 0.29) is 34.3 Å². The highest BCUT2D eigenvalue weighted by Gasteiger charge is 2.46. The second-order valence-electron chi connectivity index (χ2n) is 10.2. The van der Waals surface area contributed by atoms with Gasteiger partial charge in [0.15, 0.2) is 11.6 Å². The normalized spacial score (nSPS) is 24.3. The third-order valence-corrected chi connectivity index (χ3v) is 6.14. The van der Waals surface area contributed by atoms with Crippen LogP contribution in [0.3, 0.4) is 0 Å². The lowest BCUT2D eigenvalue weighted by Gasteiger charge is -2.48. The first-order chi connectivity index (χ1) is 12.9. The van der Waals surface area contributed by atoms with E-state index in [9.17, 15) is 14.4 Å². The van der Waals surface area contributed by atoms with Crippen molar-refractivity contribution in [3.05, 3.63) is 22.5 Å². The zero-order valence-electron chi connectivity index (χ0n) is 18.1. The SMILES string of the molecule is CC(=O)OCCCN1C2=C(C(=O)CC(C)(C)C2)C(C)C2=C1CC(C)(C)CC2=O. The first-order valence-electron chi connectivity index (χ1n) is 10.4. The lowest BCUT2D eigenvalue weighted by Crippen LogP contribution is -2.44. The molecule has 0 saturated heterocycles. The van der Waals surface area contributed by atoms with Gasteiger partial charge in [-0.1, -0.05) is 34.6 Å². The molecular weight excluding hydrogens is 354 g/mol. The second-order valence-corrected chi connectivity index (χ2v) is 10.2. The van der Waals surface area contributed by atoms with Gasteiger partial charge in [0, 0.05) is 54.8 Å². The van der Waals surface area contributed by atoms with Gasteiger partial charge in [-0.25, -0.2) is 0 Å². The Hall–Kier alpha value is -1.91. The molecule has 1 heterocycles. The molecule has 5 heteroatoms. The van der Waals surface area contributed by atoms with Gasteiger partial charge < -0.3 is 9.64 Å². The number of hydrogen-bond donors (Lipinski definition) is 0. The van der Waals surface area contributed by atoms with E-state index in [0.29, 0.717) is 32.4 Å². The van der Waals surface area contributed by atoms with Crippen LogP contribution >= 0.6 is 0 Å². The van der Waals surface area contributed by atoms with Crippen molar-refractivity contribution in [3.63, 3.8) is 0 Å². The van der Waals surface area contributed by atoms with Crippen LogP contribution in [0.15, 0.2) is 22.5 Å². The lowest BCUT2D eigenvalue weighted by molar-refractivity contribution is -0.141. The van der Waals surface area contributed by atoms with Crippen LogP contribution in [0.25, 0.3) is 0 Å². The number of nitrogens with zero attached hydrogens (tertiary/aromatic N) is 1. The molecule has 0 amide bonds. The summed E-state index contributed by atoms with van der Waals surface area (Å²) < 4.78 is 5.12. The molecule has 1 aliphatic heterocycles. The van der Waals surface area contributed by atoms with Crippen LogP contribution in [0.1, 0.15) is 73.6 Å². The quantitative estimate of drug-likeness (QED) is 0.535. The fourth-order valence-corrected chi connectivity index (χ4v) is 5.08. The molecule has 0 N–H and O–H groups in total. The summed E-state index contributed by atoms with van der Waals surface area (Å²) in [5.41, 5.74) is 3.66. The molecule has 0 aromatic heterocycles. The summed E-state index contributed by atoms with van der Waals surface area (Å²) in [4.78, 5) is 39.4. The summed E-state index contributed by atoms with van der Waals surface area (Å²) >= 11 is 0. The van der Waals surface area contributed by atoms with Crippen molar-refractivity contribution in [2.24, 2.45) is 16.7 Å². The van der Waals surface area contributed by atoms with Gasteiger partial charge in [-0.05, 0) is 30.1 Å². The lowest BCUT2D eigenvalue weighted by atomic mass is 9.65. The highest BCUT2D eigenvalue weighted by molar-refractivity contribution is 6.05. The largest absolute Gasteiger partial charge is 0.466 e. The molecule has 0 saturated carbocycles. The molecule has 5 nitrogen and oxygen atoms in total. The van der Waals surface area contributed by atoms with Crippen molar-refractivity contribution in [3.8, 4) is 0 Å². The van der Waals surface area contributed by atoms with Crippen molar-refractivity contribution in [2.45, 2.75) is 73.6 Å². The van der Waals surface area contributed by atoms with Crippen molar-refractivity contribution in [1.29, 1.82) is 0 Å². The van der Waals surface area contributed by atoms with Crippen LogP contribution in [-0.4, -0.2) is 35.6 Å². The van der Waals surface area contributed by atoms with Gasteiger partial charge in [-0.15, -0.1) is 0 Å².